The molecule has 5 heteroatoms. The van der Waals surface area contributed by atoms with Crippen LogP contribution in [0.1, 0.15) is 12.5 Å². The van der Waals surface area contributed by atoms with E-state index in [2.05, 4.69) is 26.8 Å². The van der Waals surface area contributed by atoms with Crippen LogP contribution < -0.4 is 5.32 Å². The van der Waals surface area contributed by atoms with Crippen molar-refractivity contribution in [3.05, 3.63) is 79.0 Å². The molecule has 4 rings (SSSR count). The van der Waals surface area contributed by atoms with Gasteiger partial charge < -0.3 is 10.3 Å². The molecule has 4 aromatic rings. The third kappa shape index (κ3) is 2.95. The summed E-state index contributed by atoms with van der Waals surface area (Å²) in [6, 6.07) is 12.2. The second-order valence-electron chi connectivity index (χ2n) is 6.13. The van der Waals surface area contributed by atoms with Crippen molar-refractivity contribution in [1.82, 2.24) is 15.0 Å². The van der Waals surface area contributed by atoms with Crippen LogP contribution in [-0.2, 0) is 0 Å². The number of fused-ring (bicyclic) bond motifs is 1. The summed E-state index contributed by atoms with van der Waals surface area (Å²) in [5, 5.41) is 4.47. The lowest BCUT2D eigenvalue weighted by molar-refractivity contribution is 0.628. The Labute approximate surface area is 150 Å². The second kappa shape index (κ2) is 6.44. The number of nitrogens with zero attached hydrogens (tertiary/aromatic N) is 2. The van der Waals surface area contributed by atoms with Crippen LogP contribution in [0.3, 0.4) is 0 Å². The van der Waals surface area contributed by atoms with Gasteiger partial charge in [0.05, 0.1) is 11.4 Å². The Hall–Kier alpha value is -3.47. The highest BCUT2D eigenvalue weighted by Crippen LogP contribution is 2.31. The molecule has 26 heavy (non-hydrogen) atoms. The van der Waals surface area contributed by atoms with Crippen molar-refractivity contribution in [3.63, 3.8) is 0 Å². The summed E-state index contributed by atoms with van der Waals surface area (Å²) in [6.07, 6.45) is 5.40. The maximum absolute atomic E-state index is 13.2. The molecule has 128 valence electrons. The van der Waals surface area contributed by atoms with Crippen molar-refractivity contribution >= 4 is 28.0 Å². The number of pyridine rings is 2. The molecule has 3 aromatic heterocycles. The van der Waals surface area contributed by atoms with Crippen LogP contribution in [0.5, 0.6) is 0 Å². The van der Waals surface area contributed by atoms with Crippen molar-refractivity contribution < 1.29 is 4.39 Å². The molecule has 0 unspecified atom stereocenters. The Morgan fingerprint density at radius 1 is 1.08 bits per heavy atom. The molecular weight excluding hydrogens is 327 g/mol. The summed E-state index contributed by atoms with van der Waals surface area (Å²) < 4.78 is 13.2. The Balaban J connectivity index is 1.80. The third-order valence-corrected chi connectivity index (χ3v) is 4.23. The number of hydrogen-bond acceptors (Lipinski definition) is 3. The Morgan fingerprint density at radius 3 is 2.65 bits per heavy atom. The Bertz CT molecular complexity index is 1100. The van der Waals surface area contributed by atoms with Gasteiger partial charge >= 0.3 is 0 Å². The molecule has 0 aliphatic heterocycles. The maximum atomic E-state index is 13.2. The quantitative estimate of drug-likeness (QED) is 0.511. The highest BCUT2D eigenvalue weighted by molar-refractivity contribution is 5.93. The molecule has 0 amide bonds. The molecular formula is C21H17FN4. The Morgan fingerprint density at radius 2 is 1.88 bits per heavy atom. The fourth-order valence-electron chi connectivity index (χ4n) is 2.89. The van der Waals surface area contributed by atoms with Crippen LogP contribution in [0.25, 0.3) is 27.9 Å². The van der Waals surface area contributed by atoms with Gasteiger partial charge in [0.2, 0.25) is 0 Å². The molecule has 0 aliphatic rings. The van der Waals surface area contributed by atoms with Gasteiger partial charge in [0.1, 0.15) is 11.5 Å². The molecule has 0 saturated heterocycles. The first-order chi connectivity index (χ1) is 12.6. The van der Waals surface area contributed by atoms with Crippen LogP contribution in [0.2, 0.25) is 0 Å². The third-order valence-electron chi connectivity index (χ3n) is 4.23. The second-order valence-corrected chi connectivity index (χ2v) is 6.13. The van der Waals surface area contributed by atoms with E-state index in [1.165, 1.54) is 12.1 Å². The number of halogens is 1. The van der Waals surface area contributed by atoms with Gasteiger partial charge in [0, 0.05) is 40.8 Å². The number of allylic oxidation sites excluding steroid dienone is 1. The Kier molecular flexibility index (Phi) is 3.97. The summed E-state index contributed by atoms with van der Waals surface area (Å²) in [4.78, 5) is 11.9. The minimum absolute atomic E-state index is 0.266. The largest absolute Gasteiger partial charge is 0.354 e. The molecule has 0 aliphatic carbocycles. The summed E-state index contributed by atoms with van der Waals surface area (Å²) in [5.74, 6) is -0.266. The number of rotatable bonds is 4. The lowest BCUT2D eigenvalue weighted by Crippen LogP contribution is -1.98. The van der Waals surface area contributed by atoms with Gasteiger partial charge in [-0.15, -0.1) is 0 Å². The van der Waals surface area contributed by atoms with E-state index in [1.54, 1.807) is 24.5 Å². The van der Waals surface area contributed by atoms with E-state index in [1.807, 2.05) is 31.3 Å². The summed E-state index contributed by atoms with van der Waals surface area (Å²) in [5.41, 5.74) is 6.10. The highest BCUT2D eigenvalue weighted by Gasteiger charge is 2.10. The number of benzene rings is 1. The minimum Gasteiger partial charge on any atom is -0.354 e. The number of anilines is 2. The lowest BCUT2D eigenvalue weighted by atomic mass is 10.1. The van der Waals surface area contributed by atoms with Gasteiger partial charge in [0.25, 0.3) is 0 Å². The van der Waals surface area contributed by atoms with E-state index in [9.17, 15) is 4.39 Å². The molecule has 0 fully saturated rings. The molecule has 0 spiro atoms. The molecule has 0 radical (unpaired) electrons. The van der Waals surface area contributed by atoms with Crippen LogP contribution >= 0.6 is 0 Å². The molecule has 0 saturated carbocycles. The maximum Gasteiger partial charge on any atom is 0.139 e. The predicted octanol–water partition coefficient (Wildman–Crippen LogP) is 5.54. The van der Waals surface area contributed by atoms with Crippen LogP contribution in [0.4, 0.5) is 15.8 Å². The lowest BCUT2D eigenvalue weighted by Gasteiger charge is -2.14. The van der Waals surface area contributed by atoms with Crippen LogP contribution in [0, 0.1) is 5.82 Å². The fourth-order valence-corrected chi connectivity index (χ4v) is 2.89. The first kappa shape index (κ1) is 16.0. The van der Waals surface area contributed by atoms with Gasteiger partial charge in [-0.3, -0.25) is 4.98 Å². The first-order valence-corrected chi connectivity index (χ1v) is 8.23. The van der Waals surface area contributed by atoms with Gasteiger partial charge in [0.15, 0.2) is 0 Å². The number of nitrogens with one attached hydrogen (secondary N) is 2. The van der Waals surface area contributed by atoms with E-state index >= 15 is 0 Å². The van der Waals surface area contributed by atoms with Crippen molar-refractivity contribution in [3.8, 4) is 11.3 Å². The van der Waals surface area contributed by atoms with E-state index in [-0.39, 0.29) is 5.82 Å². The topological polar surface area (TPSA) is 53.6 Å². The normalized spacial score (nSPS) is 10.8. The van der Waals surface area contributed by atoms with Crippen molar-refractivity contribution in [2.45, 2.75) is 6.92 Å². The van der Waals surface area contributed by atoms with Crippen molar-refractivity contribution in [2.24, 2.45) is 0 Å². The van der Waals surface area contributed by atoms with Crippen molar-refractivity contribution in [2.75, 3.05) is 5.32 Å². The molecule has 4 nitrogen and oxygen atoms in total. The zero-order chi connectivity index (χ0) is 18.1. The van der Waals surface area contributed by atoms with Crippen LogP contribution in [-0.4, -0.2) is 15.0 Å². The molecule has 0 bridgehead atoms. The van der Waals surface area contributed by atoms with Gasteiger partial charge in [-0.05, 0) is 55.0 Å². The monoisotopic (exact) mass is 344 g/mol. The first-order valence-electron chi connectivity index (χ1n) is 8.23. The zero-order valence-electron chi connectivity index (χ0n) is 14.3. The SMILES string of the molecule is C=C(C)c1cnc(-c2ccc(F)cc2)cc1Nc1ccnc2[nH]ccc12. The van der Waals surface area contributed by atoms with Gasteiger partial charge in [-0.2, -0.15) is 0 Å². The fraction of sp³-hybridized carbons (Fsp3) is 0.0476. The molecule has 2 N–H and O–H groups in total. The van der Waals surface area contributed by atoms with E-state index in [0.717, 1.165) is 44.8 Å². The molecule has 0 atom stereocenters. The van der Waals surface area contributed by atoms with Gasteiger partial charge in [-0.1, -0.05) is 6.58 Å². The minimum atomic E-state index is -0.266. The number of H-pyrrole nitrogens is 1. The molecule has 3 heterocycles. The highest BCUT2D eigenvalue weighted by atomic mass is 19.1. The molecule has 1 aromatic carbocycles. The summed E-state index contributed by atoms with van der Waals surface area (Å²) in [6.45, 7) is 5.99. The predicted molar refractivity (Wildman–Crippen MR) is 104 cm³/mol. The van der Waals surface area contributed by atoms with Gasteiger partial charge in [-0.25, -0.2) is 9.37 Å². The standard InChI is InChI=1S/C21H17FN4/c1-13(2)17-12-25-19(14-3-5-15(22)6-4-14)11-20(17)26-18-8-10-24-21-16(18)7-9-23-21/h3-12H,1H2,2H3,(H2,23,24,25,26). The van der Waals surface area contributed by atoms with E-state index in [4.69, 9.17) is 0 Å². The van der Waals surface area contributed by atoms with E-state index < -0.39 is 0 Å². The number of hydrogen-bond donors (Lipinski definition) is 2. The average Bonchev–Trinajstić information content (AvgIpc) is 3.12. The van der Waals surface area contributed by atoms with Crippen molar-refractivity contribution in [1.29, 1.82) is 0 Å². The zero-order valence-corrected chi connectivity index (χ0v) is 14.3. The number of aromatic amines is 1. The van der Waals surface area contributed by atoms with E-state index in [0.29, 0.717) is 0 Å². The smallest absolute Gasteiger partial charge is 0.139 e. The average molecular weight is 344 g/mol. The number of aromatic nitrogens is 3. The van der Waals surface area contributed by atoms with Crippen LogP contribution in [0.15, 0.2) is 67.6 Å². The summed E-state index contributed by atoms with van der Waals surface area (Å²) >= 11 is 0. The summed E-state index contributed by atoms with van der Waals surface area (Å²) in [7, 11) is 0.